The Bertz CT molecular complexity index is 1180. The lowest BCUT2D eigenvalue weighted by Gasteiger charge is -2.32. The molecule has 3 aromatic heterocycles. The van der Waals surface area contributed by atoms with Crippen LogP contribution < -0.4 is 9.80 Å². The maximum Gasteiger partial charge on any atom is 0.227 e. The highest BCUT2D eigenvalue weighted by atomic mass is 15.3. The van der Waals surface area contributed by atoms with Crippen molar-refractivity contribution in [3.63, 3.8) is 0 Å². The molecule has 4 aromatic rings. The third kappa shape index (κ3) is 2.98. The van der Waals surface area contributed by atoms with E-state index in [1.54, 1.807) is 0 Å². The van der Waals surface area contributed by atoms with Crippen molar-refractivity contribution in [3.05, 3.63) is 77.9 Å². The first-order valence-corrected chi connectivity index (χ1v) is 10.5. The van der Waals surface area contributed by atoms with Gasteiger partial charge in [0.2, 0.25) is 5.95 Å². The lowest BCUT2D eigenvalue weighted by atomic mass is 9.97. The number of rotatable bonds is 3. The largest absolute Gasteiger partial charge is 0.348 e. The predicted octanol–water partition coefficient (Wildman–Crippen LogP) is 3.42. The van der Waals surface area contributed by atoms with Gasteiger partial charge in [0.25, 0.3) is 0 Å². The Labute approximate surface area is 175 Å². The first kappa shape index (κ1) is 17.4. The lowest BCUT2D eigenvalue weighted by Crippen LogP contribution is -2.36. The molecular formula is C23H23N7. The van der Waals surface area contributed by atoms with Crippen molar-refractivity contribution in [2.45, 2.75) is 31.8 Å². The molecule has 1 saturated heterocycles. The summed E-state index contributed by atoms with van der Waals surface area (Å²) < 4.78 is 2.10. The van der Waals surface area contributed by atoms with E-state index in [0.29, 0.717) is 5.92 Å². The minimum absolute atomic E-state index is 0.319. The van der Waals surface area contributed by atoms with Crippen LogP contribution in [-0.2, 0) is 13.1 Å². The van der Waals surface area contributed by atoms with Crippen LogP contribution in [0.25, 0.3) is 5.65 Å². The number of aromatic nitrogens is 5. The van der Waals surface area contributed by atoms with Crippen LogP contribution in [0.1, 0.15) is 35.7 Å². The smallest absolute Gasteiger partial charge is 0.227 e. The van der Waals surface area contributed by atoms with Crippen molar-refractivity contribution in [1.82, 2.24) is 24.6 Å². The molecular weight excluding hydrogens is 374 g/mol. The molecule has 5 heterocycles. The summed E-state index contributed by atoms with van der Waals surface area (Å²) in [5.41, 5.74) is 3.67. The molecule has 2 aliphatic heterocycles. The summed E-state index contributed by atoms with van der Waals surface area (Å²) >= 11 is 0. The number of hydrogen-bond acceptors (Lipinski definition) is 6. The molecule has 0 amide bonds. The van der Waals surface area contributed by atoms with E-state index in [4.69, 9.17) is 4.98 Å². The molecule has 1 atom stereocenters. The van der Waals surface area contributed by atoms with E-state index in [-0.39, 0.29) is 0 Å². The molecule has 7 nitrogen and oxygen atoms in total. The molecule has 150 valence electrons. The minimum Gasteiger partial charge on any atom is -0.348 e. The van der Waals surface area contributed by atoms with Gasteiger partial charge in [0, 0.05) is 44.5 Å². The maximum atomic E-state index is 4.94. The monoisotopic (exact) mass is 397 g/mol. The first-order valence-electron chi connectivity index (χ1n) is 10.5. The molecule has 0 N–H and O–H groups in total. The Balaban J connectivity index is 1.24. The minimum atomic E-state index is 0.319. The van der Waals surface area contributed by atoms with E-state index < -0.39 is 0 Å². The van der Waals surface area contributed by atoms with E-state index in [1.165, 1.54) is 11.1 Å². The van der Waals surface area contributed by atoms with Crippen LogP contribution in [0.2, 0.25) is 0 Å². The number of nitrogens with zero attached hydrogens (tertiary/aromatic N) is 7. The third-order valence-electron chi connectivity index (χ3n) is 6.20. The van der Waals surface area contributed by atoms with Gasteiger partial charge in [-0.1, -0.05) is 30.3 Å². The standard InChI is InChI=1S/C23H23N7/c1-2-7-18-15-29(14-17(18)6-1)20-10-11-24-23(25-20)28-12-5-8-19(16-28)22-27-26-21-9-3-4-13-30(21)22/h1-4,6-7,9-11,13,19H,5,8,12,14-16H2. The summed E-state index contributed by atoms with van der Waals surface area (Å²) in [6, 6.07) is 16.7. The van der Waals surface area contributed by atoms with Gasteiger partial charge in [-0.3, -0.25) is 4.40 Å². The van der Waals surface area contributed by atoms with E-state index in [9.17, 15) is 0 Å². The zero-order valence-corrected chi connectivity index (χ0v) is 16.7. The Morgan fingerprint density at radius 1 is 0.867 bits per heavy atom. The van der Waals surface area contributed by atoms with Crippen molar-refractivity contribution in [2.75, 3.05) is 22.9 Å². The first-order chi connectivity index (χ1) is 14.8. The van der Waals surface area contributed by atoms with Crippen molar-refractivity contribution in [2.24, 2.45) is 0 Å². The molecule has 7 heteroatoms. The maximum absolute atomic E-state index is 4.94. The predicted molar refractivity (Wildman–Crippen MR) is 116 cm³/mol. The highest BCUT2D eigenvalue weighted by Crippen LogP contribution is 2.30. The van der Waals surface area contributed by atoms with Gasteiger partial charge in [-0.15, -0.1) is 10.2 Å². The summed E-state index contributed by atoms with van der Waals surface area (Å²) in [4.78, 5) is 14.2. The van der Waals surface area contributed by atoms with Gasteiger partial charge in [0.15, 0.2) is 5.65 Å². The van der Waals surface area contributed by atoms with Crippen LogP contribution in [0.4, 0.5) is 11.8 Å². The summed E-state index contributed by atoms with van der Waals surface area (Å²) in [6.07, 6.45) is 6.13. The molecule has 0 spiro atoms. The normalized spacial score (nSPS) is 18.7. The second-order valence-electron chi connectivity index (χ2n) is 8.11. The van der Waals surface area contributed by atoms with Gasteiger partial charge >= 0.3 is 0 Å². The fraction of sp³-hybridized carbons (Fsp3) is 0.304. The average molecular weight is 397 g/mol. The Morgan fingerprint density at radius 2 is 1.70 bits per heavy atom. The van der Waals surface area contributed by atoms with Crippen molar-refractivity contribution in [3.8, 4) is 0 Å². The number of anilines is 2. The highest BCUT2D eigenvalue weighted by Gasteiger charge is 2.27. The fourth-order valence-electron chi connectivity index (χ4n) is 4.67. The quantitative estimate of drug-likeness (QED) is 0.528. The summed E-state index contributed by atoms with van der Waals surface area (Å²) in [6.45, 7) is 3.64. The van der Waals surface area contributed by atoms with E-state index >= 15 is 0 Å². The molecule has 2 aliphatic rings. The Morgan fingerprint density at radius 3 is 2.57 bits per heavy atom. The second-order valence-corrected chi connectivity index (χ2v) is 8.11. The van der Waals surface area contributed by atoms with Gasteiger partial charge in [-0.2, -0.15) is 4.98 Å². The Hall–Kier alpha value is -3.48. The molecule has 0 bridgehead atoms. The van der Waals surface area contributed by atoms with Crippen LogP contribution in [-0.4, -0.2) is 37.7 Å². The second kappa shape index (κ2) is 7.09. The van der Waals surface area contributed by atoms with Crippen LogP contribution in [0, 0.1) is 0 Å². The Kier molecular flexibility index (Phi) is 4.11. The molecule has 1 aromatic carbocycles. The summed E-state index contributed by atoms with van der Waals surface area (Å²) in [5, 5.41) is 8.82. The zero-order chi connectivity index (χ0) is 19.9. The number of piperidine rings is 1. The van der Waals surface area contributed by atoms with Crippen LogP contribution >= 0.6 is 0 Å². The molecule has 0 radical (unpaired) electrons. The average Bonchev–Trinajstić information content (AvgIpc) is 3.44. The van der Waals surface area contributed by atoms with E-state index in [2.05, 4.69) is 53.6 Å². The molecule has 0 aliphatic carbocycles. The van der Waals surface area contributed by atoms with Gasteiger partial charge in [0.05, 0.1) is 0 Å². The molecule has 0 saturated carbocycles. The van der Waals surface area contributed by atoms with Gasteiger partial charge in [-0.05, 0) is 42.2 Å². The van der Waals surface area contributed by atoms with Crippen molar-refractivity contribution >= 4 is 17.4 Å². The van der Waals surface area contributed by atoms with Crippen molar-refractivity contribution < 1.29 is 0 Å². The van der Waals surface area contributed by atoms with Crippen LogP contribution in [0.3, 0.4) is 0 Å². The fourth-order valence-corrected chi connectivity index (χ4v) is 4.67. The van der Waals surface area contributed by atoms with Gasteiger partial charge in [-0.25, -0.2) is 4.98 Å². The number of pyridine rings is 1. The van der Waals surface area contributed by atoms with Gasteiger partial charge in [0.1, 0.15) is 11.6 Å². The topological polar surface area (TPSA) is 62.5 Å². The van der Waals surface area contributed by atoms with E-state index in [1.807, 2.05) is 36.7 Å². The molecule has 1 fully saturated rings. The zero-order valence-electron chi connectivity index (χ0n) is 16.7. The van der Waals surface area contributed by atoms with Crippen LogP contribution in [0.15, 0.2) is 60.9 Å². The summed E-state index contributed by atoms with van der Waals surface area (Å²) in [5.74, 6) is 3.15. The third-order valence-corrected chi connectivity index (χ3v) is 6.20. The number of benzene rings is 1. The molecule has 30 heavy (non-hydrogen) atoms. The number of hydrogen-bond donors (Lipinski definition) is 0. The van der Waals surface area contributed by atoms with Crippen molar-refractivity contribution in [1.29, 1.82) is 0 Å². The molecule has 6 rings (SSSR count). The molecule has 1 unspecified atom stereocenters. The SMILES string of the molecule is c1ccc2c(c1)CN(c1ccnc(N3CCCC(c4nnc5ccccn45)C3)n1)C2. The number of fused-ring (bicyclic) bond motifs is 2. The van der Waals surface area contributed by atoms with Crippen LogP contribution in [0.5, 0.6) is 0 Å². The summed E-state index contributed by atoms with van der Waals surface area (Å²) in [7, 11) is 0. The van der Waals surface area contributed by atoms with Gasteiger partial charge < -0.3 is 9.80 Å². The lowest BCUT2D eigenvalue weighted by molar-refractivity contribution is 0.482. The highest BCUT2D eigenvalue weighted by molar-refractivity contribution is 5.49. The van der Waals surface area contributed by atoms with E-state index in [0.717, 1.165) is 62.3 Å².